The van der Waals surface area contributed by atoms with Crippen molar-refractivity contribution in [1.29, 1.82) is 0 Å². The topological polar surface area (TPSA) is 113 Å². The quantitative estimate of drug-likeness (QED) is 0.388. The molecule has 0 unspecified atom stereocenters. The lowest BCUT2D eigenvalue weighted by atomic mass is 9.95. The van der Waals surface area contributed by atoms with Gasteiger partial charge in [-0.05, 0) is 24.6 Å². The van der Waals surface area contributed by atoms with E-state index in [0.717, 1.165) is 0 Å². The first kappa shape index (κ1) is 19.3. The number of ketones is 1. The third-order valence-corrected chi connectivity index (χ3v) is 4.87. The van der Waals surface area contributed by atoms with Crippen molar-refractivity contribution in [3.05, 3.63) is 77.1 Å². The van der Waals surface area contributed by atoms with E-state index in [9.17, 15) is 19.8 Å². The number of carbonyl (C=O) groups is 2. The van der Waals surface area contributed by atoms with E-state index in [-0.39, 0.29) is 28.6 Å². The molecular weight excluding hydrogens is 388 g/mol. The normalized spacial score (nSPS) is 18.1. The van der Waals surface area contributed by atoms with E-state index in [0.29, 0.717) is 16.9 Å². The predicted molar refractivity (Wildman–Crippen MR) is 107 cm³/mol. The average molecular weight is 406 g/mol. The molecule has 8 heteroatoms. The second-order valence-corrected chi connectivity index (χ2v) is 6.76. The molecule has 3 aromatic rings. The zero-order valence-electron chi connectivity index (χ0n) is 16.2. The van der Waals surface area contributed by atoms with Gasteiger partial charge in [-0.2, -0.15) is 0 Å². The molecule has 1 aliphatic heterocycles. The minimum Gasteiger partial charge on any atom is -0.507 e. The third-order valence-electron chi connectivity index (χ3n) is 4.87. The van der Waals surface area contributed by atoms with Gasteiger partial charge >= 0.3 is 5.91 Å². The van der Waals surface area contributed by atoms with Crippen LogP contribution in [0.1, 0.15) is 22.9 Å². The fourth-order valence-electron chi connectivity index (χ4n) is 3.47. The minimum atomic E-state index is -0.996. The smallest absolute Gasteiger partial charge is 0.301 e. The number of ether oxygens (including phenoxy) is 1. The molecule has 8 nitrogen and oxygen atoms in total. The number of rotatable bonds is 4. The van der Waals surface area contributed by atoms with Crippen LogP contribution in [0.5, 0.6) is 11.5 Å². The number of aliphatic hydroxyl groups is 1. The maximum absolute atomic E-state index is 13.0. The molecule has 2 aromatic carbocycles. The molecule has 2 N–H and O–H groups in total. The summed E-state index contributed by atoms with van der Waals surface area (Å²) in [6.45, 7) is 1.66. The Morgan fingerprint density at radius 3 is 2.50 bits per heavy atom. The van der Waals surface area contributed by atoms with Crippen molar-refractivity contribution in [2.75, 3.05) is 12.0 Å². The summed E-state index contributed by atoms with van der Waals surface area (Å²) in [4.78, 5) is 27.1. The van der Waals surface area contributed by atoms with Crippen molar-refractivity contribution in [1.82, 2.24) is 5.16 Å². The number of Topliss-reactive ketones (excluding diaryl/α,β-unsaturated/α-hetero) is 1. The molecule has 1 atom stereocenters. The maximum Gasteiger partial charge on any atom is 0.301 e. The molecular formula is C22H18N2O6. The number of aryl methyl sites for hydroxylation is 1. The molecule has 2 heterocycles. The highest BCUT2D eigenvalue weighted by Gasteiger charge is 2.48. The molecule has 1 saturated heterocycles. The number of hydrogen-bond donors (Lipinski definition) is 2. The van der Waals surface area contributed by atoms with Gasteiger partial charge in [0.15, 0.2) is 17.3 Å². The van der Waals surface area contributed by atoms with Gasteiger partial charge in [0.1, 0.15) is 11.5 Å². The summed E-state index contributed by atoms with van der Waals surface area (Å²) < 4.78 is 10.3. The van der Waals surface area contributed by atoms with E-state index in [1.807, 2.05) is 0 Å². The van der Waals surface area contributed by atoms with Crippen LogP contribution in [-0.4, -0.2) is 34.2 Å². The number of amides is 1. The summed E-state index contributed by atoms with van der Waals surface area (Å²) in [5.74, 6) is -1.36. The van der Waals surface area contributed by atoms with Crippen molar-refractivity contribution < 1.29 is 29.1 Å². The van der Waals surface area contributed by atoms with Crippen molar-refractivity contribution in [3.63, 3.8) is 0 Å². The molecule has 1 fully saturated rings. The number of phenolic OH excluding ortho intramolecular Hbond substituents is 1. The molecule has 30 heavy (non-hydrogen) atoms. The second-order valence-electron chi connectivity index (χ2n) is 6.76. The lowest BCUT2D eigenvalue weighted by molar-refractivity contribution is -0.132. The summed E-state index contributed by atoms with van der Waals surface area (Å²) in [5, 5.41) is 24.8. The van der Waals surface area contributed by atoms with Crippen LogP contribution in [0.25, 0.3) is 5.76 Å². The summed E-state index contributed by atoms with van der Waals surface area (Å²) in [6, 6.07) is 13.4. The van der Waals surface area contributed by atoms with Crippen LogP contribution in [0.4, 0.5) is 5.82 Å². The highest BCUT2D eigenvalue weighted by atomic mass is 16.5. The van der Waals surface area contributed by atoms with Crippen LogP contribution < -0.4 is 9.64 Å². The lowest BCUT2D eigenvalue weighted by Crippen LogP contribution is -2.29. The molecule has 0 saturated carbocycles. The van der Waals surface area contributed by atoms with Crippen LogP contribution in [0.15, 0.2) is 64.7 Å². The molecule has 152 valence electrons. The van der Waals surface area contributed by atoms with Crippen LogP contribution >= 0.6 is 0 Å². The number of benzene rings is 2. The summed E-state index contributed by atoms with van der Waals surface area (Å²) in [5.41, 5.74) is 0.740. The number of aromatic nitrogens is 1. The Bertz CT molecular complexity index is 1170. The molecule has 0 spiro atoms. The van der Waals surface area contributed by atoms with Gasteiger partial charge in [0, 0.05) is 11.6 Å². The Morgan fingerprint density at radius 1 is 1.13 bits per heavy atom. The second kappa shape index (κ2) is 7.40. The largest absolute Gasteiger partial charge is 0.507 e. The number of carbonyl (C=O) groups excluding carboxylic acids is 2. The number of phenols is 1. The first-order valence-corrected chi connectivity index (χ1v) is 9.09. The molecule has 1 aliphatic rings. The molecule has 0 bridgehead atoms. The van der Waals surface area contributed by atoms with E-state index in [1.165, 1.54) is 30.2 Å². The third kappa shape index (κ3) is 3.08. The molecule has 0 aliphatic carbocycles. The van der Waals surface area contributed by atoms with Crippen molar-refractivity contribution in [3.8, 4) is 11.5 Å². The van der Waals surface area contributed by atoms with Gasteiger partial charge in [0.2, 0.25) is 0 Å². The Kier molecular flexibility index (Phi) is 4.75. The number of anilines is 1. The van der Waals surface area contributed by atoms with Crippen LogP contribution in [0.2, 0.25) is 0 Å². The average Bonchev–Trinajstić information content (AvgIpc) is 3.29. The Morgan fingerprint density at radius 2 is 1.87 bits per heavy atom. The zero-order chi connectivity index (χ0) is 21.4. The van der Waals surface area contributed by atoms with Crippen molar-refractivity contribution in [2.24, 2.45) is 0 Å². The van der Waals surface area contributed by atoms with E-state index in [1.54, 1.807) is 43.3 Å². The Labute approximate surface area is 171 Å². The lowest BCUT2D eigenvalue weighted by Gasteiger charge is -2.23. The van der Waals surface area contributed by atoms with Crippen LogP contribution in [-0.2, 0) is 9.59 Å². The molecule has 0 radical (unpaired) electrons. The number of nitrogens with zero attached hydrogens (tertiary/aromatic N) is 2. The molecule has 1 amide bonds. The van der Waals surface area contributed by atoms with E-state index >= 15 is 0 Å². The summed E-state index contributed by atoms with van der Waals surface area (Å²) in [7, 11) is 1.39. The van der Waals surface area contributed by atoms with E-state index in [2.05, 4.69) is 5.16 Å². The molecule has 4 rings (SSSR count). The number of methoxy groups -OCH3 is 1. The fourth-order valence-corrected chi connectivity index (χ4v) is 3.47. The Balaban J connectivity index is 1.97. The van der Waals surface area contributed by atoms with Crippen LogP contribution in [0, 0.1) is 6.92 Å². The maximum atomic E-state index is 13.0. The van der Waals surface area contributed by atoms with Gasteiger partial charge in [0.25, 0.3) is 5.78 Å². The van der Waals surface area contributed by atoms with Gasteiger partial charge in [-0.15, -0.1) is 0 Å². The molecule has 1 aromatic heterocycles. The Hall–Kier alpha value is -4.07. The van der Waals surface area contributed by atoms with Crippen molar-refractivity contribution in [2.45, 2.75) is 13.0 Å². The van der Waals surface area contributed by atoms with Gasteiger partial charge in [-0.1, -0.05) is 41.6 Å². The van der Waals surface area contributed by atoms with Gasteiger partial charge in [0.05, 0.1) is 18.7 Å². The summed E-state index contributed by atoms with van der Waals surface area (Å²) in [6.07, 6.45) is 0. The van der Waals surface area contributed by atoms with E-state index in [4.69, 9.17) is 9.26 Å². The van der Waals surface area contributed by atoms with Crippen LogP contribution in [0.3, 0.4) is 0 Å². The summed E-state index contributed by atoms with van der Waals surface area (Å²) >= 11 is 0. The number of hydrogen-bond acceptors (Lipinski definition) is 7. The number of aromatic hydroxyl groups is 1. The van der Waals surface area contributed by atoms with Gasteiger partial charge in [-0.3, -0.25) is 14.5 Å². The first-order valence-electron chi connectivity index (χ1n) is 9.09. The highest BCUT2D eigenvalue weighted by molar-refractivity contribution is 6.51. The predicted octanol–water partition coefficient (Wildman–Crippen LogP) is 3.32. The number of aliphatic hydroxyl groups excluding tert-OH is 1. The van der Waals surface area contributed by atoms with Gasteiger partial charge < -0.3 is 19.5 Å². The zero-order valence-corrected chi connectivity index (χ0v) is 16.2. The highest BCUT2D eigenvalue weighted by Crippen LogP contribution is 2.43. The monoisotopic (exact) mass is 406 g/mol. The van der Waals surface area contributed by atoms with Gasteiger partial charge in [-0.25, -0.2) is 0 Å². The fraction of sp³-hybridized carbons (Fsp3) is 0.136. The first-order chi connectivity index (χ1) is 14.4. The minimum absolute atomic E-state index is 0.0976. The van der Waals surface area contributed by atoms with E-state index < -0.39 is 17.7 Å². The van der Waals surface area contributed by atoms with Crippen molar-refractivity contribution >= 4 is 23.3 Å². The standard InChI is InChI=1S/C22H18N2O6/c1-12-10-17(23-30-12)24-19(14-8-9-15(25)16(11-14)29-2)18(21(27)22(24)28)20(26)13-6-4-3-5-7-13/h3-11,19,25-26H,1-2H3/b20-18+/t19-/m0/s1. The SMILES string of the molecule is COc1cc([C@H]2/C(=C(\O)c3ccccc3)C(=O)C(=O)N2c2cc(C)on2)ccc1O.